The number of nitrogens with zero attached hydrogens (tertiary/aromatic N) is 4. The quantitative estimate of drug-likeness (QED) is 0.587. The fourth-order valence-electron chi connectivity index (χ4n) is 2.31. The van der Waals surface area contributed by atoms with Crippen LogP contribution in [0.15, 0.2) is 48.8 Å². The van der Waals surface area contributed by atoms with E-state index in [9.17, 15) is 0 Å². The van der Waals surface area contributed by atoms with Crippen molar-refractivity contribution in [2.75, 3.05) is 5.73 Å². The zero-order valence-corrected chi connectivity index (χ0v) is 11.0. The number of aromatic nitrogens is 5. The van der Waals surface area contributed by atoms with E-state index in [1.54, 1.807) is 6.20 Å². The largest absolute Gasteiger partial charge is 0.368 e. The molecule has 0 bridgehead atoms. The highest BCUT2D eigenvalue weighted by atomic mass is 15.3. The number of anilines is 1. The first kappa shape index (κ1) is 11.7. The van der Waals surface area contributed by atoms with Gasteiger partial charge in [-0.15, -0.1) is 10.2 Å². The van der Waals surface area contributed by atoms with Crippen molar-refractivity contribution in [2.24, 2.45) is 0 Å². The number of nitrogens with two attached hydrogens (primary N) is 1. The number of nitrogens with one attached hydrogen (secondary N) is 1. The maximum absolute atomic E-state index is 5.54. The molecule has 0 amide bonds. The molecule has 3 heterocycles. The summed E-state index contributed by atoms with van der Waals surface area (Å²) < 4.78 is 2.03. The molecule has 3 aromatic heterocycles. The number of rotatable bonds is 2. The van der Waals surface area contributed by atoms with Gasteiger partial charge in [-0.25, -0.2) is 4.98 Å². The van der Waals surface area contributed by atoms with Crippen LogP contribution in [0, 0.1) is 6.07 Å². The minimum absolute atomic E-state index is 0.311. The van der Waals surface area contributed by atoms with Gasteiger partial charge in [-0.3, -0.25) is 0 Å². The standard InChI is InChI=1S/C15H11N6/c16-15-18-13(19-20-15)10-3-5-12(6-4-10)21-9-7-11-2-1-8-17-14(11)21/h2-9H,(H3,16,18,19,20). The van der Waals surface area contributed by atoms with Crippen molar-refractivity contribution >= 4 is 17.0 Å². The smallest absolute Gasteiger partial charge is 0.219 e. The summed E-state index contributed by atoms with van der Waals surface area (Å²) in [6, 6.07) is 14.9. The van der Waals surface area contributed by atoms with Crippen LogP contribution in [0.3, 0.4) is 0 Å². The molecule has 4 aromatic rings. The molecule has 0 fully saturated rings. The van der Waals surface area contributed by atoms with Gasteiger partial charge in [0.1, 0.15) is 5.65 Å². The van der Waals surface area contributed by atoms with Crippen molar-refractivity contribution in [1.82, 2.24) is 24.7 Å². The van der Waals surface area contributed by atoms with E-state index in [-0.39, 0.29) is 0 Å². The number of H-pyrrole nitrogens is 1. The van der Waals surface area contributed by atoms with Crippen LogP contribution in [0.2, 0.25) is 0 Å². The maximum atomic E-state index is 5.54. The molecule has 3 N–H and O–H groups in total. The lowest BCUT2D eigenvalue weighted by Gasteiger charge is -2.05. The van der Waals surface area contributed by atoms with E-state index in [2.05, 4.69) is 26.2 Å². The predicted octanol–water partition coefficient (Wildman–Crippen LogP) is 2.19. The van der Waals surface area contributed by atoms with E-state index in [0.29, 0.717) is 11.8 Å². The first-order valence-electron chi connectivity index (χ1n) is 6.43. The first-order valence-corrected chi connectivity index (χ1v) is 6.43. The maximum Gasteiger partial charge on any atom is 0.219 e. The van der Waals surface area contributed by atoms with Gasteiger partial charge in [0.05, 0.1) is 0 Å². The topological polar surface area (TPSA) is 85.4 Å². The molecule has 0 atom stereocenters. The van der Waals surface area contributed by atoms with Crippen molar-refractivity contribution in [1.29, 1.82) is 0 Å². The third kappa shape index (κ3) is 1.93. The van der Waals surface area contributed by atoms with Gasteiger partial charge < -0.3 is 15.3 Å². The average Bonchev–Trinajstić information content (AvgIpc) is 3.14. The van der Waals surface area contributed by atoms with Crippen molar-refractivity contribution < 1.29 is 0 Å². The number of nitrogen functional groups attached to an aromatic ring is 1. The van der Waals surface area contributed by atoms with Crippen LogP contribution in [0.5, 0.6) is 0 Å². The van der Waals surface area contributed by atoms with Gasteiger partial charge >= 0.3 is 0 Å². The lowest BCUT2D eigenvalue weighted by molar-refractivity contribution is 1.09. The molecule has 0 aliphatic carbocycles. The van der Waals surface area contributed by atoms with Crippen LogP contribution in [-0.2, 0) is 0 Å². The molecule has 1 radical (unpaired) electrons. The van der Waals surface area contributed by atoms with Crippen LogP contribution in [-0.4, -0.2) is 24.7 Å². The van der Waals surface area contributed by atoms with E-state index in [1.807, 2.05) is 47.2 Å². The molecular formula is C15H11N6. The summed E-state index contributed by atoms with van der Waals surface area (Å²) in [5, 5.41) is 8.79. The molecule has 0 saturated heterocycles. The molecule has 0 saturated carbocycles. The summed E-state index contributed by atoms with van der Waals surface area (Å²) in [4.78, 5) is 7.27. The molecule has 21 heavy (non-hydrogen) atoms. The van der Waals surface area contributed by atoms with Crippen LogP contribution in [0.25, 0.3) is 28.1 Å². The number of benzene rings is 1. The van der Waals surface area contributed by atoms with Gasteiger partial charge in [0, 0.05) is 35.1 Å². The lowest BCUT2D eigenvalue weighted by atomic mass is 10.2. The van der Waals surface area contributed by atoms with Crippen molar-refractivity contribution in [3.05, 3.63) is 54.9 Å². The molecule has 101 valence electrons. The van der Waals surface area contributed by atoms with E-state index in [4.69, 9.17) is 5.73 Å². The number of hydrogen-bond donors (Lipinski definition) is 2. The van der Waals surface area contributed by atoms with Gasteiger partial charge in [-0.2, -0.15) is 0 Å². The van der Waals surface area contributed by atoms with Crippen LogP contribution < -0.4 is 5.73 Å². The summed E-state index contributed by atoms with van der Waals surface area (Å²) in [7, 11) is 0. The molecule has 6 heteroatoms. The second-order valence-electron chi connectivity index (χ2n) is 4.64. The Morgan fingerprint density at radius 3 is 2.71 bits per heavy atom. The fraction of sp³-hybridized carbons (Fsp3) is 0. The fourth-order valence-corrected chi connectivity index (χ4v) is 2.31. The molecular weight excluding hydrogens is 264 g/mol. The number of fused-ring (bicyclic) bond motifs is 1. The minimum atomic E-state index is 0.311. The highest BCUT2D eigenvalue weighted by Crippen LogP contribution is 2.21. The first-order chi connectivity index (χ1) is 10.3. The molecule has 0 spiro atoms. The zero-order valence-electron chi connectivity index (χ0n) is 11.0. The normalized spacial score (nSPS) is 11.0. The van der Waals surface area contributed by atoms with Crippen LogP contribution in [0.4, 0.5) is 5.95 Å². The molecule has 1 aromatic carbocycles. The third-order valence-corrected chi connectivity index (χ3v) is 3.31. The summed E-state index contributed by atoms with van der Waals surface area (Å²) in [5.41, 5.74) is 8.41. The Kier molecular flexibility index (Phi) is 2.47. The summed E-state index contributed by atoms with van der Waals surface area (Å²) in [6.07, 6.45) is 3.66. The highest BCUT2D eigenvalue weighted by Gasteiger charge is 2.06. The molecule has 0 aliphatic rings. The predicted molar refractivity (Wildman–Crippen MR) is 79.7 cm³/mol. The number of aromatic amines is 1. The van der Waals surface area contributed by atoms with E-state index in [1.165, 1.54) is 0 Å². The number of pyridine rings is 1. The summed E-state index contributed by atoms with van der Waals surface area (Å²) in [6.45, 7) is 0. The second-order valence-corrected chi connectivity index (χ2v) is 4.64. The number of hydrogen-bond acceptors (Lipinski definition) is 4. The van der Waals surface area contributed by atoms with Gasteiger partial charge in [0.25, 0.3) is 0 Å². The van der Waals surface area contributed by atoms with Crippen LogP contribution >= 0.6 is 0 Å². The monoisotopic (exact) mass is 275 g/mol. The Labute approximate surface area is 120 Å². The van der Waals surface area contributed by atoms with Crippen molar-refractivity contribution in [3.63, 3.8) is 0 Å². The SMILES string of the molecule is Nc1nnc(-c2ccc(-n3ccc4c[c]cnc43)cc2)[nH]1. The molecule has 4 rings (SSSR count). The van der Waals surface area contributed by atoms with Crippen molar-refractivity contribution in [3.8, 4) is 17.1 Å². The Morgan fingerprint density at radius 1 is 1.10 bits per heavy atom. The lowest BCUT2D eigenvalue weighted by Crippen LogP contribution is -1.93. The Hall–Kier alpha value is -3.15. The Balaban J connectivity index is 1.76. The molecule has 6 nitrogen and oxygen atoms in total. The van der Waals surface area contributed by atoms with E-state index < -0.39 is 0 Å². The second kappa shape index (κ2) is 4.45. The summed E-state index contributed by atoms with van der Waals surface area (Å²) in [5.74, 6) is 0.968. The van der Waals surface area contributed by atoms with Gasteiger partial charge in [-0.05, 0) is 36.4 Å². The zero-order chi connectivity index (χ0) is 14.2. The van der Waals surface area contributed by atoms with E-state index in [0.717, 1.165) is 22.3 Å². The minimum Gasteiger partial charge on any atom is -0.368 e. The molecule has 0 unspecified atom stereocenters. The van der Waals surface area contributed by atoms with E-state index >= 15 is 0 Å². The summed E-state index contributed by atoms with van der Waals surface area (Å²) >= 11 is 0. The Morgan fingerprint density at radius 2 is 1.95 bits per heavy atom. The molecule has 0 aliphatic heterocycles. The third-order valence-electron chi connectivity index (χ3n) is 3.31. The van der Waals surface area contributed by atoms with Crippen molar-refractivity contribution in [2.45, 2.75) is 0 Å². The highest BCUT2D eigenvalue weighted by molar-refractivity contribution is 5.77. The van der Waals surface area contributed by atoms with Gasteiger partial charge in [0.15, 0.2) is 5.82 Å². The van der Waals surface area contributed by atoms with Gasteiger partial charge in [0.2, 0.25) is 5.95 Å². The van der Waals surface area contributed by atoms with Crippen LogP contribution in [0.1, 0.15) is 0 Å². The Bertz CT molecular complexity index is 903. The van der Waals surface area contributed by atoms with Gasteiger partial charge in [-0.1, -0.05) is 0 Å². The average molecular weight is 275 g/mol.